The van der Waals surface area contributed by atoms with Crippen LogP contribution in [-0.2, 0) is 16.0 Å². The molecule has 0 radical (unpaired) electrons. The molecule has 5 heteroatoms. The smallest absolute Gasteiger partial charge is 0.311 e. The Balaban J connectivity index is 2.14. The highest BCUT2D eigenvalue weighted by molar-refractivity contribution is 7.13. The van der Waals surface area contributed by atoms with Crippen molar-refractivity contribution < 1.29 is 9.53 Å². The van der Waals surface area contributed by atoms with Crippen molar-refractivity contribution in [3.63, 3.8) is 0 Å². The second-order valence-electron chi connectivity index (χ2n) is 4.29. The van der Waals surface area contributed by atoms with Crippen molar-refractivity contribution in [2.24, 2.45) is 0 Å². The molecule has 0 aliphatic heterocycles. The van der Waals surface area contributed by atoms with Gasteiger partial charge in [-0.25, -0.2) is 4.98 Å². The number of anilines is 2. The summed E-state index contributed by atoms with van der Waals surface area (Å²) in [4.78, 5) is 15.6. The molecule has 1 heterocycles. The van der Waals surface area contributed by atoms with E-state index in [0.717, 1.165) is 16.5 Å². The number of hydrogen-bond acceptors (Lipinski definition) is 5. The normalized spacial score (nSPS) is 10.3. The Morgan fingerprint density at radius 2 is 2.05 bits per heavy atom. The van der Waals surface area contributed by atoms with Crippen LogP contribution in [0.5, 0.6) is 0 Å². The molecule has 0 fully saturated rings. The second kappa shape index (κ2) is 5.84. The van der Waals surface area contributed by atoms with E-state index in [1.807, 2.05) is 11.4 Å². The largest absolute Gasteiger partial charge is 0.469 e. The van der Waals surface area contributed by atoms with Crippen LogP contribution in [0.25, 0.3) is 0 Å². The van der Waals surface area contributed by atoms with Crippen LogP contribution in [-0.4, -0.2) is 18.1 Å². The summed E-state index contributed by atoms with van der Waals surface area (Å²) in [5.74, 6) is -0.274. The van der Waals surface area contributed by atoms with Crippen LogP contribution < -0.4 is 5.32 Å². The highest BCUT2D eigenvalue weighted by Gasteiger charge is 2.09. The van der Waals surface area contributed by atoms with Gasteiger partial charge in [-0.1, -0.05) is 18.2 Å². The number of esters is 1. The fourth-order valence-electron chi connectivity index (χ4n) is 1.78. The molecule has 1 aromatic heterocycles. The quantitative estimate of drug-likeness (QED) is 0.871. The van der Waals surface area contributed by atoms with Gasteiger partial charge in [0.25, 0.3) is 0 Å². The Kier molecular flexibility index (Phi) is 4.16. The van der Waals surface area contributed by atoms with E-state index in [2.05, 4.69) is 41.0 Å². The van der Waals surface area contributed by atoms with Crippen molar-refractivity contribution in [1.82, 2.24) is 4.98 Å². The Morgan fingerprint density at radius 3 is 2.68 bits per heavy atom. The maximum absolute atomic E-state index is 11.2. The predicted octanol–water partition coefficient (Wildman–Crippen LogP) is 3.22. The third-order valence-electron chi connectivity index (χ3n) is 2.82. The first-order chi connectivity index (χ1) is 9.10. The van der Waals surface area contributed by atoms with Crippen LogP contribution in [0.1, 0.15) is 16.8 Å². The number of carbonyl (C=O) groups excluding carboxylic acids is 1. The summed E-state index contributed by atoms with van der Waals surface area (Å²) in [7, 11) is 1.38. The molecule has 0 unspecified atom stereocenters. The molecule has 0 amide bonds. The summed E-state index contributed by atoms with van der Waals surface area (Å²) in [5, 5.41) is 5.96. The zero-order chi connectivity index (χ0) is 13.8. The first-order valence-electron chi connectivity index (χ1n) is 5.94. The van der Waals surface area contributed by atoms with E-state index in [-0.39, 0.29) is 12.4 Å². The SMILES string of the molecule is COC(=O)Cc1csc(Nc2c(C)cccc2C)n1. The summed E-state index contributed by atoms with van der Waals surface area (Å²) >= 11 is 1.48. The third-order valence-corrected chi connectivity index (χ3v) is 3.62. The van der Waals surface area contributed by atoms with E-state index >= 15 is 0 Å². The van der Waals surface area contributed by atoms with Gasteiger partial charge in [-0.05, 0) is 25.0 Å². The van der Waals surface area contributed by atoms with Crippen LogP contribution in [0.2, 0.25) is 0 Å². The number of rotatable bonds is 4. The molecule has 1 aromatic carbocycles. The highest BCUT2D eigenvalue weighted by Crippen LogP contribution is 2.26. The zero-order valence-electron chi connectivity index (χ0n) is 11.2. The predicted molar refractivity (Wildman–Crippen MR) is 77.0 cm³/mol. The number of nitrogens with one attached hydrogen (secondary N) is 1. The van der Waals surface area contributed by atoms with E-state index in [4.69, 9.17) is 0 Å². The Labute approximate surface area is 116 Å². The van der Waals surface area contributed by atoms with Gasteiger partial charge >= 0.3 is 5.97 Å². The average Bonchev–Trinajstić information content (AvgIpc) is 2.81. The topological polar surface area (TPSA) is 51.2 Å². The Bertz CT molecular complexity index is 573. The Morgan fingerprint density at radius 1 is 1.37 bits per heavy atom. The van der Waals surface area contributed by atoms with E-state index in [1.54, 1.807) is 0 Å². The minimum Gasteiger partial charge on any atom is -0.469 e. The van der Waals surface area contributed by atoms with Gasteiger partial charge in [0.15, 0.2) is 5.13 Å². The van der Waals surface area contributed by atoms with Gasteiger partial charge in [-0.3, -0.25) is 4.79 Å². The van der Waals surface area contributed by atoms with Crippen LogP contribution in [0.4, 0.5) is 10.8 Å². The summed E-state index contributed by atoms with van der Waals surface area (Å²) in [6.45, 7) is 4.11. The lowest BCUT2D eigenvalue weighted by Crippen LogP contribution is -2.04. The molecule has 2 aromatic rings. The number of nitrogens with zero attached hydrogens (tertiary/aromatic N) is 1. The van der Waals surface area contributed by atoms with Gasteiger partial charge in [-0.2, -0.15) is 0 Å². The van der Waals surface area contributed by atoms with Crippen molar-refractivity contribution in [2.45, 2.75) is 20.3 Å². The minimum absolute atomic E-state index is 0.210. The van der Waals surface area contributed by atoms with Gasteiger partial charge in [0.05, 0.1) is 19.2 Å². The summed E-state index contributed by atoms with van der Waals surface area (Å²) in [5.41, 5.74) is 4.14. The number of ether oxygens (including phenoxy) is 1. The number of thiazole rings is 1. The molecule has 1 N–H and O–H groups in total. The molecule has 2 rings (SSSR count). The minimum atomic E-state index is -0.274. The maximum Gasteiger partial charge on any atom is 0.311 e. The number of benzene rings is 1. The molecule has 0 aliphatic carbocycles. The van der Waals surface area contributed by atoms with E-state index in [1.165, 1.54) is 29.6 Å². The number of aromatic nitrogens is 1. The first kappa shape index (κ1) is 13.5. The van der Waals surface area contributed by atoms with Gasteiger partial charge < -0.3 is 10.1 Å². The Hall–Kier alpha value is -1.88. The van der Waals surface area contributed by atoms with Gasteiger partial charge in [0.1, 0.15) is 0 Å². The second-order valence-corrected chi connectivity index (χ2v) is 5.15. The number of aryl methyl sites for hydroxylation is 2. The monoisotopic (exact) mass is 276 g/mol. The molecular formula is C14H16N2O2S. The van der Waals surface area contributed by atoms with Crippen LogP contribution in [0, 0.1) is 13.8 Å². The van der Waals surface area contributed by atoms with Crippen LogP contribution in [0.3, 0.4) is 0 Å². The molecule has 0 saturated heterocycles. The molecule has 0 aliphatic rings. The fraction of sp³-hybridized carbons (Fsp3) is 0.286. The number of hydrogen-bond donors (Lipinski definition) is 1. The standard InChI is InChI=1S/C14H16N2O2S/c1-9-5-4-6-10(2)13(9)16-14-15-11(8-19-14)7-12(17)18-3/h4-6,8H,7H2,1-3H3,(H,15,16). The fourth-order valence-corrected chi connectivity index (χ4v) is 2.50. The van der Waals surface area contributed by atoms with Crippen molar-refractivity contribution in [1.29, 1.82) is 0 Å². The van der Waals surface area contributed by atoms with Gasteiger partial charge in [-0.15, -0.1) is 11.3 Å². The lowest BCUT2D eigenvalue weighted by atomic mass is 10.1. The molecule has 0 saturated carbocycles. The number of para-hydroxylation sites is 1. The van der Waals surface area contributed by atoms with Crippen LogP contribution >= 0.6 is 11.3 Å². The lowest BCUT2D eigenvalue weighted by Gasteiger charge is -2.09. The van der Waals surface area contributed by atoms with Crippen molar-refractivity contribution in [3.8, 4) is 0 Å². The molecule has 19 heavy (non-hydrogen) atoms. The highest BCUT2D eigenvalue weighted by atomic mass is 32.1. The van der Waals surface area contributed by atoms with Crippen LogP contribution in [0.15, 0.2) is 23.6 Å². The van der Waals surface area contributed by atoms with Crippen molar-refractivity contribution >= 4 is 28.1 Å². The molecule has 0 spiro atoms. The third kappa shape index (κ3) is 3.32. The maximum atomic E-state index is 11.2. The average molecular weight is 276 g/mol. The van der Waals surface area contributed by atoms with Gasteiger partial charge in [0, 0.05) is 11.1 Å². The molecule has 4 nitrogen and oxygen atoms in total. The van der Waals surface area contributed by atoms with E-state index < -0.39 is 0 Å². The molecular weight excluding hydrogens is 260 g/mol. The summed E-state index contributed by atoms with van der Waals surface area (Å²) < 4.78 is 4.63. The molecule has 100 valence electrons. The van der Waals surface area contributed by atoms with Crippen molar-refractivity contribution in [3.05, 3.63) is 40.4 Å². The van der Waals surface area contributed by atoms with E-state index in [9.17, 15) is 4.79 Å². The number of methoxy groups -OCH3 is 1. The summed E-state index contributed by atoms with van der Waals surface area (Å²) in [6.07, 6.45) is 0.210. The number of carbonyl (C=O) groups is 1. The summed E-state index contributed by atoms with van der Waals surface area (Å²) in [6, 6.07) is 6.14. The van der Waals surface area contributed by atoms with Crippen molar-refractivity contribution in [2.75, 3.05) is 12.4 Å². The zero-order valence-corrected chi connectivity index (χ0v) is 12.0. The van der Waals surface area contributed by atoms with E-state index in [0.29, 0.717) is 0 Å². The first-order valence-corrected chi connectivity index (χ1v) is 6.82. The van der Waals surface area contributed by atoms with Gasteiger partial charge in [0.2, 0.25) is 0 Å². The lowest BCUT2D eigenvalue weighted by molar-refractivity contribution is -0.139. The molecule has 0 bridgehead atoms. The molecule has 0 atom stereocenters.